The lowest BCUT2D eigenvalue weighted by atomic mass is 9.85. The highest BCUT2D eigenvalue weighted by molar-refractivity contribution is 6.46. The van der Waals surface area contributed by atoms with Gasteiger partial charge in [-0.05, 0) is 47.4 Å². The van der Waals surface area contributed by atoms with E-state index in [9.17, 15) is 14.0 Å². The number of aromatic amines is 1. The van der Waals surface area contributed by atoms with Crippen molar-refractivity contribution in [3.8, 4) is 11.4 Å². The minimum Gasteiger partial charge on any atom is -0.347 e. The lowest BCUT2D eigenvalue weighted by molar-refractivity contribution is -0.129. The molecular weight excluding hydrogens is 531 g/mol. The van der Waals surface area contributed by atoms with Crippen molar-refractivity contribution in [2.75, 3.05) is 6.54 Å². The van der Waals surface area contributed by atoms with E-state index in [1.54, 1.807) is 12.1 Å². The molecule has 3 N–H and O–H groups in total. The Morgan fingerprint density at radius 3 is 2.45 bits per heavy atom. The largest absolute Gasteiger partial charge is 0.347 e. The van der Waals surface area contributed by atoms with Crippen LogP contribution in [0.25, 0.3) is 11.4 Å². The SMILES string of the molecule is CC(C)(C)[C@H](NC(=O)C1=NCCC(Cc2ccc(F)cc2)c2ccccc21)C(=O)NCc1nc(-c2ccccc2)n[nH]1. The van der Waals surface area contributed by atoms with Gasteiger partial charge in [0, 0.05) is 17.7 Å². The summed E-state index contributed by atoms with van der Waals surface area (Å²) in [6, 6.07) is 23.0. The highest BCUT2D eigenvalue weighted by Crippen LogP contribution is 2.31. The van der Waals surface area contributed by atoms with Crippen LogP contribution in [0.2, 0.25) is 0 Å². The van der Waals surface area contributed by atoms with Crippen LogP contribution in [0.5, 0.6) is 0 Å². The number of fused-ring (bicyclic) bond motifs is 1. The van der Waals surface area contributed by atoms with Gasteiger partial charge in [0.25, 0.3) is 5.91 Å². The Morgan fingerprint density at radius 1 is 1.00 bits per heavy atom. The number of aromatic nitrogens is 3. The molecule has 1 aromatic heterocycles. The molecule has 0 radical (unpaired) electrons. The Kier molecular flexibility index (Phi) is 8.56. The van der Waals surface area contributed by atoms with Gasteiger partial charge < -0.3 is 10.6 Å². The molecule has 216 valence electrons. The normalized spacial score (nSPS) is 15.6. The first kappa shape index (κ1) is 28.9. The zero-order valence-corrected chi connectivity index (χ0v) is 24.0. The number of amides is 2. The van der Waals surface area contributed by atoms with E-state index < -0.39 is 17.4 Å². The smallest absolute Gasteiger partial charge is 0.270 e. The summed E-state index contributed by atoms with van der Waals surface area (Å²) in [5, 5.41) is 13.0. The summed E-state index contributed by atoms with van der Waals surface area (Å²) in [5.41, 5.74) is 3.41. The Hall–Kier alpha value is -4.66. The molecule has 0 aliphatic carbocycles. The molecular formula is C33H35FN6O2. The fourth-order valence-electron chi connectivity index (χ4n) is 5.19. The van der Waals surface area contributed by atoms with Gasteiger partial charge in [0.2, 0.25) is 5.91 Å². The highest BCUT2D eigenvalue weighted by atomic mass is 19.1. The summed E-state index contributed by atoms with van der Waals surface area (Å²) >= 11 is 0. The fraction of sp³-hybridized carbons (Fsp3) is 0.303. The minimum absolute atomic E-state index is 0.116. The van der Waals surface area contributed by atoms with E-state index in [0.29, 0.717) is 30.3 Å². The van der Waals surface area contributed by atoms with Gasteiger partial charge in [-0.2, -0.15) is 5.10 Å². The number of halogens is 1. The van der Waals surface area contributed by atoms with E-state index >= 15 is 0 Å². The van der Waals surface area contributed by atoms with Gasteiger partial charge in [-0.15, -0.1) is 0 Å². The van der Waals surface area contributed by atoms with E-state index in [4.69, 9.17) is 0 Å². The van der Waals surface area contributed by atoms with Gasteiger partial charge >= 0.3 is 0 Å². The van der Waals surface area contributed by atoms with Crippen LogP contribution >= 0.6 is 0 Å². The third-order valence-electron chi connectivity index (χ3n) is 7.41. The van der Waals surface area contributed by atoms with Gasteiger partial charge in [0.1, 0.15) is 23.4 Å². The molecule has 5 rings (SSSR count). The number of benzene rings is 3. The number of nitrogens with zero attached hydrogens (tertiary/aromatic N) is 3. The third kappa shape index (κ3) is 6.79. The summed E-state index contributed by atoms with van der Waals surface area (Å²) in [6.45, 7) is 6.31. The van der Waals surface area contributed by atoms with E-state index in [1.807, 2.05) is 75.4 Å². The molecule has 0 saturated heterocycles. The Morgan fingerprint density at radius 2 is 1.71 bits per heavy atom. The van der Waals surface area contributed by atoms with Crippen LogP contribution in [0.4, 0.5) is 4.39 Å². The van der Waals surface area contributed by atoms with Crippen LogP contribution in [0, 0.1) is 11.2 Å². The Balaban J connectivity index is 1.29. The molecule has 9 heteroatoms. The molecule has 4 aromatic rings. The molecule has 2 atom stereocenters. The summed E-state index contributed by atoms with van der Waals surface area (Å²) in [7, 11) is 0. The molecule has 2 heterocycles. The third-order valence-corrected chi connectivity index (χ3v) is 7.41. The molecule has 0 saturated carbocycles. The monoisotopic (exact) mass is 566 g/mol. The number of aliphatic imine (C=N–C) groups is 1. The Bertz CT molecular complexity index is 1570. The second-order valence-corrected chi connectivity index (χ2v) is 11.6. The molecule has 0 fully saturated rings. The van der Waals surface area contributed by atoms with E-state index in [-0.39, 0.29) is 24.2 Å². The maximum atomic E-state index is 13.7. The number of H-pyrrole nitrogens is 1. The van der Waals surface area contributed by atoms with E-state index in [1.165, 1.54) is 12.1 Å². The number of carbonyl (C=O) groups excluding carboxylic acids is 2. The molecule has 1 unspecified atom stereocenters. The van der Waals surface area contributed by atoms with Crippen molar-refractivity contribution in [2.24, 2.45) is 10.4 Å². The number of nitrogens with one attached hydrogen (secondary N) is 3. The molecule has 1 aliphatic rings. The summed E-state index contributed by atoms with van der Waals surface area (Å²) in [4.78, 5) is 36.3. The zero-order valence-electron chi connectivity index (χ0n) is 24.0. The minimum atomic E-state index is -0.824. The van der Waals surface area contributed by atoms with Gasteiger partial charge in [0.15, 0.2) is 5.82 Å². The van der Waals surface area contributed by atoms with Gasteiger partial charge in [-0.25, -0.2) is 9.37 Å². The summed E-state index contributed by atoms with van der Waals surface area (Å²) in [5.74, 6) is 0.178. The van der Waals surface area contributed by atoms with Crippen molar-refractivity contribution in [1.82, 2.24) is 25.8 Å². The number of hydrogen-bond acceptors (Lipinski definition) is 5. The molecule has 0 spiro atoms. The van der Waals surface area contributed by atoms with Gasteiger partial charge in [0.05, 0.1) is 6.54 Å². The first-order chi connectivity index (χ1) is 20.2. The lowest BCUT2D eigenvalue weighted by Crippen LogP contribution is -2.55. The van der Waals surface area contributed by atoms with Crippen LogP contribution in [0.15, 0.2) is 83.9 Å². The average Bonchev–Trinajstić information content (AvgIpc) is 3.39. The van der Waals surface area contributed by atoms with Crippen LogP contribution < -0.4 is 10.6 Å². The van der Waals surface area contributed by atoms with Crippen molar-refractivity contribution >= 4 is 17.5 Å². The van der Waals surface area contributed by atoms with Crippen LogP contribution in [-0.4, -0.2) is 45.3 Å². The topological polar surface area (TPSA) is 112 Å². The second-order valence-electron chi connectivity index (χ2n) is 11.6. The molecule has 8 nitrogen and oxygen atoms in total. The zero-order chi connectivity index (χ0) is 29.7. The lowest BCUT2D eigenvalue weighted by Gasteiger charge is -2.30. The number of rotatable bonds is 8. The Labute approximate surface area is 244 Å². The van der Waals surface area contributed by atoms with E-state index in [0.717, 1.165) is 28.7 Å². The first-order valence-electron chi connectivity index (χ1n) is 14.1. The quantitative estimate of drug-likeness (QED) is 0.279. The number of carbonyl (C=O) groups is 2. The van der Waals surface area contributed by atoms with Crippen LogP contribution in [-0.2, 0) is 22.6 Å². The van der Waals surface area contributed by atoms with Crippen LogP contribution in [0.3, 0.4) is 0 Å². The van der Waals surface area contributed by atoms with Crippen molar-refractivity contribution in [2.45, 2.75) is 52.1 Å². The van der Waals surface area contributed by atoms with Gasteiger partial charge in [-0.3, -0.25) is 19.7 Å². The molecule has 2 amide bonds. The predicted octanol–water partition coefficient (Wildman–Crippen LogP) is 4.98. The fourth-order valence-corrected chi connectivity index (χ4v) is 5.19. The predicted molar refractivity (Wildman–Crippen MR) is 160 cm³/mol. The number of hydrogen-bond donors (Lipinski definition) is 3. The van der Waals surface area contributed by atoms with Crippen molar-refractivity contribution in [3.63, 3.8) is 0 Å². The first-order valence-corrected chi connectivity index (χ1v) is 14.1. The molecule has 1 aliphatic heterocycles. The molecule has 42 heavy (non-hydrogen) atoms. The highest BCUT2D eigenvalue weighted by Gasteiger charge is 2.35. The average molecular weight is 567 g/mol. The molecule has 3 aromatic carbocycles. The van der Waals surface area contributed by atoms with Crippen molar-refractivity contribution in [1.29, 1.82) is 0 Å². The van der Waals surface area contributed by atoms with Gasteiger partial charge in [-0.1, -0.05) is 87.5 Å². The maximum Gasteiger partial charge on any atom is 0.270 e. The van der Waals surface area contributed by atoms with Crippen molar-refractivity contribution < 1.29 is 14.0 Å². The maximum absolute atomic E-state index is 13.7. The summed E-state index contributed by atoms with van der Waals surface area (Å²) < 4.78 is 13.5. The van der Waals surface area contributed by atoms with Crippen LogP contribution in [0.1, 0.15) is 55.6 Å². The van der Waals surface area contributed by atoms with E-state index in [2.05, 4.69) is 30.8 Å². The summed E-state index contributed by atoms with van der Waals surface area (Å²) in [6.07, 6.45) is 1.46. The second kappa shape index (κ2) is 12.5. The standard InChI is InChI=1S/C33H35FN6O2/c1-33(2,3)29(32(42)36-20-27-37-30(40-39-27)22-9-5-4-6-10-22)38-31(41)28-26-12-8-7-11-25(26)23(17-18-35-28)19-21-13-15-24(34)16-14-21/h4-16,23,29H,17-20H2,1-3H3,(H,36,42)(H,38,41)(H,37,39,40)/t23?,29-/m1/s1. The van der Waals surface area contributed by atoms with Crippen molar-refractivity contribution in [3.05, 3.63) is 107 Å². The molecule has 0 bridgehead atoms.